The second-order valence-corrected chi connectivity index (χ2v) is 3.81. The lowest BCUT2D eigenvalue weighted by molar-refractivity contribution is 0.304. The molecule has 0 fully saturated rings. The standard InChI is InChI=1S/C11H19N3O/c1-8(2)11-13-9(3)7-10(14-11)15-6-5-12-4/h7-8,12H,5-6H2,1-4H3. The van der Waals surface area contributed by atoms with Gasteiger partial charge in [0.05, 0.1) is 0 Å². The smallest absolute Gasteiger partial charge is 0.216 e. The number of hydrogen-bond donors (Lipinski definition) is 1. The first kappa shape index (κ1) is 11.9. The van der Waals surface area contributed by atoms with Crippen LogP contribution >= 0.6 is 0 Å². The van der Waals surface area contributed by atoms with E-state index in [1.54, 1.807) is 0 Å². The van der Waals surface area contributed by atoms with E-state index in [4.69, 9.17) is 4.74 Å². The molecular weight excluding hydrogens is 190 g/mol. The van der Waals surface area contributed by atoms with Gasteiger partial charge >= 0.3 is 0 Å². The van der Waals surface area contributed by atoms with Gasteiger partial charge < -0.3 is 10.1 Å². The summed E-state index contributed by atoms with van der Waals surface area (Å²) in [5, 5.41) is 3.02. The summed E-state index contributed by atoms with van der Waals surface area (Å²) in [4.78, 5) is 8.70. The first-order valence-electron chi connectivity index (χ1n) is 5.26. The molecule has 1 aromatic heterocycles. The first-order valence-corrected chi connectivity index (χ1v) is 5.26. The van der Waals surface area contributed by atoms with Crippen LogP contribution in [0.5, 0.6) is 5.88 Å². The molecule has 0 aromatic carbocycles. The van der Waals surface area contributed by atoms with Crippen LogP contribution in [0.3, 0.4) is 0 Å². The van der Waals surface area contributed by atoms with E-state index < -0.39 is 0 Å². The third kappa shape index (κ3) is 3.83. The SMILES string of the molecule is CNCCOc1cc(C)nc(C(C)C)n1. The summed E-state index contributed by atoms with van der Waals surface area (Å²) in [6, 6.07) is 1.86. The van der Waals surface area contributed by atoms with Crippen molar-refractivity contribution in [3.8, 4) is 5.88 Å². The Morgan fingerprint density at radius 1 is 1.40 bits per heavy atom. The van der Waals surface area contributed by atoms with Gasteiger partial charge in [-0.1, -0.05) is 13.8 Å². The van der Waals surface area contributed by atoms with Crippen molar-refractivity contribution in [1.29, 1.82) is 0 Å². The van der Waals surface area contributed by atoms with Crippen molar-refractivity contribution in [1.82, 2.24) is 15.3 Å². The predicted octanol–water partition coefficient (Wildman–Crippen LogP) is 1.51. The molecule has 0 aliphatic rings. The summed E-state index contributed by atoms with van der Waals surface area (Å²) in [5.74, 6) is 1.84. The number of nitrogens with zero attached hydrogens (tertiary/aromatic N) is 2. The van der Waals surface area contributed by atoms with Crippen molar-refractivity contribution >= 4 is 0 Å². The Morgan fingerprint density at radius 3 is 2.73 bits per heavy atom. The molecule has 1 heterocycles. The van der Waals surface area contributed by atoms with E-state index in [1.165, 1.54) is 0 Å². The zero-order chi connectivity index (χ0) is 11.3. The van der Waals surface area contributed by atoms with E-state index in [1.807, 2.05) is 20.0 Å². The predicted molar refractivity (Wildman–Crippen MR) is 60.3 cm³/mol. The van der Waals surface area contributed by atoms with Gasteiger partial charge in [0.2, 0.25) is 5.88 Å². The normalized spacial score (nSPS) is 10.7. The second kappa shape index (κ2) is 5.66. The van der Waals surface area contributed by atoms with Crippen molar-refractivity contribution in [2.75, 3.05) is 20.2 Å². The Bertz CT molecular complexity index is 313. The Morgan fingerprint density at radius 2 is 2.13 bits per heavy atom. The van der Waals surface area contributed by atoms with Gasteiger partial charge in [-0.15, -0.1) is 0 Å². The lowest BCUT2D eigenvalue weighted by Crippen LogP contribution is -2.16. The van der Waals surface area contributed by atoms with Crippen LogP contribution in [0.25, 0.3) is 0 Å². The molecule has 0 radical (unpaired) electrons. The number of ether oxygens (including phenoxy) is 1. The lowest BCUT2D eigenvalue weighted by atomic mass is 10.2. The van der Waals surface area contributed by atoms with E-state index in [2.05, 4.69) is 29.1 Å². The topological polar surface area (TPSA) is 47.0 Å². The summed E-state index contributed by atoms with van der Waals surface area (Å²) in [7, 11) is 1.90. The molecule has 4 heteroatoms. The van der Waals surface area contributed by atoms with Crippen LogP contribution < -0.4 is 10.1 Å². The van der Waals surface area contributed by atoms with Gasteiger partial charge in [-0.25, -0.2) is 4.98 Å². The molecule has 0 atom stereocenters. The van der Waals surface area contributed by atoms with Crippen LogP contribution in [0, 0.1) is 6.92 Å². The van der Waals surface area contributed by atoms with Crippen LogP contribution in [-0.2, 0) is 0 Å². The average molecular weight is 209 g/mol. The van der Waals surface area contributed by atoms with E-state index >= 15 is 0 Å². The number of aryl methyl sites for hydroxylation is 1. The fourth-order valence-corrected chi connectivity index (χ4v) is 1.15. The molecule has 1 rings (SSSR count). The molecule has 0 bridgehead atoms. The van der Waals surface area contributed by atoms with E-state index in [9.17, 15) is 0 Å². The van der Waals surface area contributed by atoms with E-state index in [0.717, 1.165) is 18.1 Å². The average Bonchev–Trinajstić information content (AvgIpc) is 2.17. The molecule has 0 saturated heterocycles. The molecule has 0 unspecified atom stereocenters. The van der Waals surface area contributed by atoms with Gasteiger partial charge in [0.1, 0.15) is 12.4 Å². The zero-order valence-electron chi connectivity index (χ0n) is 9.87. The van der Waals surface area contributed by atoms with Crippen LogP contribution in [0.1, 0.15) is 31.3 Å². The third-order valence-corrected chi connectivity index (χ3v) is 1.97. The van der Waals surface area contributed by atoms with Crippen molar-refractivity contribution in [2.45, 2.75) is 26.7 Å². The van der Waals surface area contributed by atoms with Crippen LogP contribution in [0.2, 0.25) is 0 Å². The minimum Gasteiger partial charge on any atom is -0.476 e. The monoisotopic (exact) mass is 209 g/mol. The molecule has 4 nitrogen and oxygen atoms in total. The molecule has 1 aromatic rings. The highest BCUT2D eigenvalue weighted by molar-refractivity contribution is 5.16. The van der Waals surface area contributed by atoms with E-state index in [0.29, 0.717) is 18.4 Å². The molecule has 0 aliphatic heterocycles. The molecule has 0 amide bonds. The molecule has 0 saturated carbocycles. The molecule has 1 N–H and O–H groups in total. The number of aromatic nitrogens is 2. The summed E-state index contributed by atoms with van der Waals surface area (Å²) in [6.07, 6.45) is 0. The van der Waals surface area contributed by atoms with Crippen LogP contribution in [0.15, 0.2) is 6.07 Å². The fourth-order valence-electron chi connectivity index (χ4n) is 1.15. The fraction of sp³-hybridized carbons (Fsp3) is 0.636. The van der Waals surface area contributed by atoms with E-state index in [-0.39, 0.29) is 0 Å². The van der Waals surface area contributed by atoms with Gasteiger partial charge in [-0.05, 0) is 14.0 Å². The molecule has 0 aliphatic carbocycles. The first-order chi connectivity index (χ1) is 7.13. The number of likely N-dealkylation sites (N-methyl/N-ethyl adjacent to an activating group) is 1. The Kier molecular flexibility index (Phi) is 4.49. The molecule has 0 spiro atoms. The second-order valence-electron chi connectivity index (χ2n) is 3.81. The molecule has 84 valence electrons. The van der Waals surface area contributed by atoms with Gasteiger partial charge in [0.25, 0.3) is 0 Å². The number of rotatable bonds is 5. The highest BCUT2D eigenvalue weighted by atomic mass is 16.5. The number of hydrogen-bond acceptors (Lipinski definition) is 4. The lowest BCUT2D eigenvalue weighted by Gasteiger charge is -2.09. The van der Waals surface area contributed by atoms with Gasteiger partial charge in [-0.3, -0.25) is 0 Å². The van der Waals surface area contributed by atoms with Gasteiger partial charge in [0.15, 0.2) is 0 Å². The van der Waals surface area contributed by atoms with Crippen molar-refractivity contribution in [2.24, 2.45) is 0 Å². The van der Waals surface area contributed by atoms with Crippen LogP contribution in [0.4, 0.5) is 0 Å². The van der Waals surface area contributed by atoms with Crippen molar-refractivity contribution in [3.05, 3.63) is 17.6 Å². The molecule has 15 heavy (non-hydrogen) atoms. The third-order valence-electron chi connectivity index (χ3n) is 1.97. The highest BCUT2D eigenvalue weighted by Crippen LogP contribution is 2.14. The van der Waals surface area contributed by atoms with Crippen molar-refractivity contribution in [3.63, 3.8) is 0 Å². The number of nitrogens with one attached hydrogen (secondary N) is 1. The minimum absolute atomic E-state index is 0.330. The van der Waals surface area contributed by atoms with Crippen LogP contribution in [-0.4, -0.2) is 30.2 Å². The molecular formula is C11H19N3O. The Hall–Kier alpha value is -1.16. The Balaban J connectivity index is 2.71. The van der Waals surface area contributed by atoms with Gasteiger partial charge in [-0.2, -0.15) is 4.98 Å². The summed E-state index contributed by atoms with van der Waals surface area (Å²) in [6.45, 7) is 7.56. The summed E-state index contributed by atoms with van der Waals surface area (Å²) < 4.78 is 5.50. The Labute approximate surface area is 91.1 Å². The zero-order valence-corrected chi connectivity index (χ0v) is 9.87. The maximum absolute atomic E-state index is 5.50. The quantitative estimate of drug-likeness (QED) is 0.747. The van der Waals surface area contributed by atoms with Gasteiger partial charge in [0, 0.05) is 24.2 Å². The maximum Gasteiger partial charge on any atom is 0.216 e. The maximum atomic E-state index is 5.50. The highest BCUT2D eigenvalue weighted by Gasteiger charge is 2.06. The summed E-state index contributed by atoms with van der Waals surface area (Å²) >= 11 is 0. The minimum atomic E-state index is 0.330. The summed E-state index contributed by atoms with van der Waals surface area (Å²) in [5.41, 5.74) is 0.952. The van der Waals surface area contributed by atoms with Crippen molar-refractivity contribution < 1.29 is 4.74 Å². The largest absolute Gasteiger partial charge is 0.476 e.